The van der Waals surface area contributed by atoms with Crippen molar-refractivity contribution >= 4 is 23.2 Å². The van der Waals surface area contributed by atoms with E-state index < -0.39 is 0 Å². The molecule has 0 radical (unpaired) electrons. The smallest absolute Gasteiger partial charge is 0.0452 e. The molecule has 1 heterocycles. The van der Waals surface area contributed by atoms with Crippen LogP contribution in [0.2, 0.25) is 10.0 Å². The average Bonchev–Trinajstić information content (AvgIpc) is 2.34. The molecule has 4 heteroatoms. The molecule has 0 aliphatic carbocycles. The van der Waals surface area contributed by atoms with Crippen molar-refractivity contribution in [2.24, 2.45) is 0 Å². The first-order chi connectivity index (χ1) is 8.65. The Balaban J connectivity index is 1.75. The highest BCUT2D eigenvalue weighted by atomic mass is 35.5. The molecule has 0 atom stereocenters. The Kier molecular flexibility index (Phi) is 5.31. The lowest BCUT2D eigenvalue weighted by atomic mass is 10.1. The zero-order chi connectivity index (χ0) is 13.0. The zero-order valence-electron chi connectivity index (χ0n) is 10.8. The molecule has 0 bridgehead atoms. The normalized spacial score (nSPS) is 18.2. The summed E-state index contributed by atoms with van der Waals surface area (Å²) in [6.07, 6.45) is 2.19. The minimum Gasteiger partial charge on any atom is -0.304 e. The van der Waals surface area contributed by atoms with E-state index in [0.717, 1.165) is 24.4 Å². The Morgan fingerprint density at radius 3 is 2.50 bits per heavy atom. The maximum atomic E-state index is 6.17. The highest BCUT2D eigenvalue weighted by Gasteiger charge is 2.13. The molecule has 1 fully saturated rings. The van der Waals surface area contributed by atoms with Crippen molar-refractivity contribution in [2.75, 3.05) is 39.8 Å². The van der Waals surface area contributed by atoms with E-state index in [1.165, 1.54) is 31.7 Å². The van der Waals surface area contributed by atoms with Gasteiger partial charge in [-0.2, -0.15) is 0 Å². The predicted octanol–water partition coefficient (Wildman–Crippen LogP) is 3.17. The summed E-state index contributed by atoms with van der Waals surface area (Å²) in [5.41, 5.74) is 1.20. The van der Waals surface area contributed by atoms with Gasteiger partial charge in [0.05, 0.1) is 0 Å². The molecule has 0 saturated carbocycles. The van der Waals surface area contributed by atoms with Gasteiger partial charge in [-0.3, -0.25) is 0 Å². The van der Waals surface area contributed by atoms with Gasteiger partial charge in [-0.25, -0.2) is 0 Å². The summed E-state index contributed by atoms with van der Waals surface area (Å²) in [6.45, 7) is 5.89. The zero-order valence-corrected chi connectivity index (χ0v) is 12.3. The van der Waals surface area contributed by atoms with Crippen molar-refractivity contribution in [2.45, 2.75) is 12.8 Å². The highest BCUT2D eigenvalue weighted by molar-refractivity contribution is 6.35. The topological polar surface area (TPSA) is 6.48 Å². The first-order valence-electron chi connectivity index (χ1n) is 6.50. The van der Waals surface area contributed by atoms with Crippen LogP contribution >= 0.6 is 23.2 Å². The van der Waals surface area contributed by atoms with Crippen LogP contribution in [0.25, 0.3) is 0 Å². The molecule has 18 heavy (non-hydrogen) atoms. The van der Waals surface area contributed by atoms with Gasteiger partial charge in [0.1, 0.15) is 0 Å². The lowest BCUT2D eigenvalue weighted by Crippen LogP contribution is -2.44. The molecule has 1 aromatic rings. The minimum absolute atomic E-state index is 0.711. The van der Waals surface area contributed by atoms with E-state index in [4.69, 9.17) is 23.2 Å². The van der Waals surface area contributed by atoms with Crippen LogP contribution in [-0.2, 0) is 6.42 Å². The van der Waals surface area contributed by atoms with Crippen LogP contribution in [-0.4, -0.2) is 49.6 Å². The van der Waals surface area contributed by atoms with Crippen LogP contribution in [0.5, 0.6) is 0 Å². The van der Waals surface area contributed by atoms with Gasteiger partial charge in [-0.15, -0.1) is 0 Å². The molecule has 1 saturated heterocycles. The van der Waals surface area contributed by atoms with Gasteiger partial charge in [0.15, 0.2) is 0 Å². The number of benzene rings is 1. The Morgan fingerprint density at radius 2 is 1.83 bits per heavy atom. The van der Waals surface area contributed by atoms with E-state index in [-0.39, 0.29) is 0 Å². The Bertz CT molecular complexity index is 387. The second kappa shape index (κ2) is 6.76. The van der Waals surface area contributed by atoms with Crippen molar-refractivity contribution in [1.82, 2.24) is 9.80 Å². The third kappa shape index (κ3) is 4.13. The summed E-state index contributed by atoms with van der Waals surface area (Å²) < 4.78 is 0. The van der Waals surface area contributed by atoms with E-state index in [9.17, 15) is 0 Å². The number of nitrogens with zero attached hydrogens (tertiary/aromatic N) is 2. The van der Waals surface area contributed by atoms with Crippen LogP contribution in [0, 0.1) is 0 Å². The summed E-state index contributed by atoms with van der Waals surface area (Å²) in [5, 5.41) is 1.50. The number of piperazine rings is 1. The molecular weight excluding hydrogens is 267 g/mol. The van der Waals surface area contributed by atoms with Crippen LogP contribution in [0.4, 0.5) is 0 Å². The van der Waals surface area contributed by atoms with E-state index in [1.54, 1.807) is 0 Å². The van der Waals surface area contributed by atoms with Crippen molar-refractivity contribution in [3.63, 3.8) is 0 Å². The van der Waals surface area contributed by atoms with Gasteiger partial charge >= 0.3 is 0 Å². The van der Waals surface area contributed by atoms with E-state index in [0.29, 0.717) is 5.02 Å². The molecule has 0 amide bonds. The average molecular weight is 287 g/mol. The number of hydrogen-bond acceptors (Lipinski definition) is 2. The van der Waals surface area contributed by atoms with Crippen molar-refractivity contribution < 1.29 is 0 Å². The first kappa shape index (κ1) is 14.1. The monoisotopic (exact) mass is 286 g/mol. The van der Waals surface area contributed by atoms with E-state index in [2.05, 4.69) is 16.8 Å². The summed E-state index contributed by atoms with van der Waals surface area (Å²) >= 11 is 12.1. The Morgan fingerprint density at radius 1 is 1.11 bits per heavy atom. The summed E-state index contributed by atoms with van der Waals surface area (Å²) in [7, 11) is 2.19. The molecule has 0 aromatic heterocycles. The molecule has 1 aliphatic rings. The minimum atomic E-state index is 0.711. The summed E-state index contributed by atoms with van der Waals surface area (Å²) in [6, 6.07) is 5.78. The van der Waals surface area contributed by atoms with Gasteiger partial charge in [0, 0.05) is 36.2 Å². The van der Waals surface area contributed by atoms with Gasteiger partial charge < -0.3 is 9.80 Å². The number of aryl methyl sites for hydroxylation is 1. The van der Waals surface area contributed by atoms with Crippen molar-refractivity contribution in [3.8, 4) is 0 Å². The fourth-order valence-corrected chi connectivity index (χ4v) is 2.79. The lowest BCUT2D eigenvalue weighted by molar-refractivity contribution is 0.153. The largest absolute Gasteiger partial charge is 0.304 e. The van der Waals surface area contributed by atoms with Crippen LogP contribution in [0.1, 0.15) is 12.0 Å². The number of likely N-dealkylation sites (N-methyl/N-ethyl adjacent to an activating group) is 1. The van der Waals surface area contributed by atoms with Gasteiger partial charge in [-0.05, 0) is 44.1 Å². The highest BCUT2D eigenvalue weighted by Crippen LogP contribution is 2.22. The maximum Gasteiger partial charge on any atom is 0.0452 e. The molecular formula is C14H20Cl2N2. The Hall–Kier alpha value is -0.280. The number of halogens is 2. The van der Waals surface area contributed by atoms with Crippen LogP contribution in [0.15, 0.2) is 18.2 Å². The standard InChI is InChI=1S/C14H20Cl2N2/c1-17-7-9-18(10-8-17)6-2-3-12-4-5-13(15)11-14(12)16/h4-5,11H,2-3,6-10H2,1H3. The van der Waals surface area contributed by atoms with Gasteiger partial charge in [0.2, 0.25) is 0 Å². The molecule has 0 spiro atoms. The molecule has 1 aromatic carbocycles. The van der Waals surface area contributed by atoms with Crippen LogP contribution < -0.4 is 0 Å². The molecule has 0 N–H and O–H groups in total. The lowest BCUT2D eigenvalue weighted by Gasteiger charge is -2.32. The van der Waals surface area contributed by atoms with E-state index >= 15 is 0 Å². The molecule has 100 valence electrons. The molecule has 2 nitrogen and oxygen atoms in total. The molecule has 0 unspecified atom stereocenters. The van der Waals surface area contributed by atoms with Crippen LogP contribution in [0.3, 0.4) is 0 Å². The van der Waals surface area contributed by atoms with Gasteiger partial charge in [-0.1, -0.05) is 29.3 Å². The SMILES string of the molecule is CN1CCN(CCCc2ccc(Cl)cc2Cl)CC1. The fraction of sp³-hybridized carbons (Fsp3) is 0.571. The quantitative estimate of drug-likeness (QED) is 0.839. The van der Waals surface area contributed by atoms with E-state index in [1.807, 2.05) is 18.2 Å². The summed E-state index contributed by atoms with van der Waals surface area (Å²) in [5.74, 6) is 0. The summed E-state index contributed by atoms with van der Waals surface area (Å²) in [4.78, 5) is 4.91. The van der Waals surface area contributed by atoms with Gasteiger partial charge in [0.25, 0.3) is 0 Å². The molecule has 2 rings (SSSR count). The third-order valence-electron chi connectivity index (χ3n) is 3.53. The predicted molar refractivity (Wildman–Crippen MR) is 78.7 cm³/mol. The Labute approximate surface area is 119 Å². The van der Waals surface area contributed by atoms with Crippen molar-refractivity contribution in [3.05, 3.63) is 33.8 Å². The third-order valence-corrected chi connectivity index (χ3v) is 4.12. The maximum absolute atomic E-state index is 6.17. The second-order valence-electron chi connectivity index (χ2n) is 4.98. The number of rotatable bonds is 4. The second-order valence-corrected chi connectivity index (χ2v) is 5.83. The number of hydrogen-bond donors (Lipinski definition) is 0. The first-order valence-corrected chi connectivity index (χ1v) is 7.25. The van der Waals surface area contributed by atoms with Crippen molar-refractivity contribution in [1.29, 1.82) is 0 Å². The molecule has 1 aliphatic heterocycles. The fourth-order valence-electron chi connectivity index (χ4n) is 2.29.